The van der Waals surface area contributed by atoms with Gasteiger partial charge in [0.25, 0.3) is 0 Å². The van der Waals surface area contributed by atoms with E-state index in [-0.39, 0.29) is 12.4 Å². The molecule has 0 atom stereocenters. The Morgan fingerprint density at radius 2 is 1.94 bits per heavy atom. The smallest absolute Gasteiger partial charge is 0.194 e. The Kier molecular flexibility index (Phi) is 3.05. The first-order valence-corrected chi connectivity index (χ1v) is 4.83. The van der Waals surface area contributed by atoms with Gasteiger partial charge in [-0.1, -0.05) is 30.3 Å². The van der Waals surface area contributed by atoms with Crippen molar-refractivity contribution in [2.24, 2.45) is 0 Å². The molecule has 0 saturated heterocycles. The van der Waals surface area contributed by atoms with Crippen LogP contribution in [0.15, 0.2) is 42.5 Å². The van der Waals surface area contributed by atoms with E-state index in [9.17, 15) is 9.50 Å². The van der Waals surface area contributed by atoms with E-state index in [1.54, 1.807) is 0 Å². The average molecular weight is 217 g/mol. The van der Waals surface area contributed by atoms with E-state index >= 15 is 0 Å². The molecule has 0 spiro atoms. The van der Waals surface area contributed by atoms with Crippen molar-refractivity contribution < 1.29 is 14.2 Å². The average Bonchev–Trinajstić information content (AvgIpc) is 2.32. The van der Waals surface area contributed by atoms with Crippen LogP contribution in [0.5, 0.6) is 11.5 Å². The lowest BCUT2D eigenvalue weighted by Gasteiger charge is -2.07. The molecule has 0 aliphatic carbocycles. The second-order valence-corrected chi connectivity index (χ2v) is 3.28. The van der Waals surface area contributed by atoms with Crippen LogP contribution >= 0.6 is 0 Å². The summed E-state index contributed by atoms with van der Waals surface area (Å²) in [4.78, 5) is 0. The van der Waals surface area contributed by atoms with Crippen molar-refractivity contribution in [3.8, 4) is 11.5 Å². The molecule has 1 N–H and O–H groups in total. The molecule has 0 heterocycles. The van der Waals surface area contributed by atoms with E-state index < -0.39 is 11.6 Å². The van der Waals surface area contributed by atoms with Crippen LogP contribution in [-0.2, 0) is 6.61 Å². The van der Waals surface area contributed by atoms with Gasteiger partial charge in [0.05, 0.1) is 0 Å². The van der Waals surface area contributed by atoms with E-state index in [2.05, 4.69) is 6.07 Å². The van der Waals surface area contributed by atoms with Crippen LogP contribution in [0.25, 0.3) is 0 Å². The summed E-state index contributed by atoms with van der Waals surface area (Å²) >= 11 is 0. The number of ether oxygens (including phenoxy) is 1. The van der Waals surface area contributed by atoms with Gasteiger partial charge in [-0.25, -0.2) is 4.39 Å². The van der Waals surface area contributed by atoms with E-state index in [0.717, 1.165) is 5.56 Å². The Morgan fingerprint density at radius 1 is 1.19 bits per heavy atom. The van der Waals surface area contributed by atoms with Crippen LogP contribution in [0.4, 0.5) is 4.39 Å². The van der Waals surface area contributed by atoms with Gasteiger partial charge in [-0.15, -0.1) is 0 Å². The molecule has 81 valence electrons. The summed E-state index contributed by atoms with van der Waals surface area (Å²) in [5.41, 5.74) is 0.954. The summed E-state index contributed by atoms with van der Waals surface area (Å²) in [5.74, 6) is -1.18. The molecule has 3 heteroatoms. The zero-order valence-electron chi connectivity index (χ0n) is 8.48. The predicted molar refractivity (Wildman–Crippen MR) is 57.7 cm³/mol. The fourth-order valence-electron chi connectivity index (χ4n) is 1.30. The van der Waals surface area contributed by atoms with Gasteiger partial charge in [0.1, 0.15) is 6.61 Å². The van der Waals surface area contributed by atoms with Crippen LogP contribution in [0.1, 0.15) is 5.56 Å². The van der Waals surface area contributed by atoms with Crippen molar-refractivity contribution in [2.45, 2.75) is 6.61 Å². The SMILES string of the molecule is Oc1c(F)[c]ccc1OCc1ccccc1. The van der Waals surface area contributed by atoms with Crippen LogP contribution in [0.3, 0.4) is 0 Å². The molecular weight excluding hydrogens is 207 g/mol. The second kappa shape index (κ2) is 4.66. The molecular formula is C13H10FO2. The Labute approximate surface area is 92.9 Å². The Hall–Kier alpha value is -2.03. The fourth-order valence-corrected chi connectivity index (χ4v) is 1.30. The molecule has 0 amide bonds. The van der Waals surface area contributed by atoms with E-state index in [0.29, 0.717) is 0 Å². The van der Waals surface area contributed by atoms with Gasteiger partial charge < -0.3 is 9.84 Å². The molecule has 0 fully saturated rings. The van der Waals surface area contributed by atoms with Gasteiger partial charge in [0.15, 0.2) is 17.3 Å². The topological polar surface area (TPSA) is 29.5 Å². The molecule has 2 aromatic rings. The van der Waals surface area contributed by atoms with Crippen LogP contribution in [0, 0.1) is 11.9 Å². The highest BCUT2D eigenvalue weighted by molar-refractivity contribution is 5.39. The summed E-state index contributed by atoms with van der Waals surface area (Å²) in [5, 5.41) is 9.34. The van der Waals surface area contributed by atoms with Gasteiger partial charge in [0.2, 0.25) is 0 Å². The van der Waals surface area contributed by atoms with Gasteiger partial charge in [-0.2, -0.15) is 0 Å². The van der Waals surface area contributed by atoms with Gasteiger partial charge >= 0.3 is 0 Å². The Balaban J connectivity index is 2.08. The maximum absolute atomic E-state index is 12.9. The van der Waals surface area contributed by atoms with Crippen molar-refractivity contribution in [1.82, 2.24) is 0 Å². The zero-order chi connectivity index (χ0) is 11.4. The third-order valence-corrected chi connectivity index (χ3v) is 2.12. The summed E-state index contributed by atoms with van der Waals surface area (Å²) in [6.45, 7) is 0.290. The zero-order valence-corrected chi connectivity index (χ0v) is 8.48. The lowest BCUT2D eigenvalue weighted by Crippen LogP contribution is -1.95. The van der Waals surface area contributed by atoms with Crippen LogP contribution < -0.4 is 4.74 Å². The minimum Gasteiger partial charge on any atom is -0.502 e. The highest BCUT2D eigenvalue weighted by Gasteiger charge is 2.07. The summed E-state index contributed by atoms with van der Waals surface area (Å²) < 4.78 is 18.2. The molecule has 0 bridgehead atoms. The predicted octanol–water partition coefficient (Wildman–Crippen LogP) is 2.91. The Bertz CT molecular complexity index is 469. The third-order valence-electron chi connectivity index (χ3n) is 2.12. The monoisotopic (exact) mass is 217 g/mol. The van der Waals surface area contributed by atoms with Crippen molar-refractivity contribution >= 4 is 0 Å². The molecule has 0 aromatic heterocycles. The first-order chi connectivity index (χ1) is 7.77. The maximum atomic E-state index is 12.9. The Morgan fingerprint density at radius 3 is 2.69 bits per heavy atom. The number of hydrogen-bond acceptors (Lipinski definition) is 2. The second-order valence-electron chi connectivity index (χ2n) is 3.28. The first-order valence-electron chi connectivity index (χ1n) is 4.83. The highest BCUT2D eigenvalue weighted by Crippen LogP contribution is 2.28. The third kappa shape index (κ3) is 2.31. The normalized spacial score (nSPS) is 10.1. The summed E-state index contributed by atoms with van der Waals surface area (Å²) in [6, 6.07) is 14.5. The number of phenolic OH excluding ortho intramolecular Hbond substituents is 1. The van der Waals surface area contributed by atoms with Crippen molar-refractivity contribution in [1.29, 1.82) is 0 Å². The lowest BCUT2D eigenvalue weighted by molar-refractivity contribution is 0.283. The van der Waals surface area contributed by atoms with Crippen molar-refractivity contribution in [2.75, 3.05) is 0 Å². The van der Waals surface area contributed by atoms with E-state index in [1.165, 1.54) is 12.1 Å². The minimum atomic E-state index is -0.800. The summed E-state index contributed by atoms with van der Waals surface area (Å²) in [6.07, 6.45) is 0. The molecule has 0 unspecified atom stereocenters. The van der Waals surface area contributed by atoms with E-state index in [1.807, 2.05) is 30.3 Å². The van der Waals surface area contributed by atoms with Gasteiger partial charge in [-0.3, -0.25) is 0 Å². The number of phenols is 1. The fraction of sp³-hybridized carbons (Fsp3) is 0.0769. The number of rotatable bonds is 3. The highest BCUT2D eigenvalue weighted by atomic mass is 19.1. The number of aromatic hydroxyl groups is 1. The van der Waals surface area contributed by atoms with E-state index in [4.69, 9.17) is 4.74 Å². The minimum absolute atomic E-state index is 0.125. The van der Waals surface area contributed by atoms with Crippen molar-refractivity contribution in [3.63, 3.8) is 0 Å². The van der Waals surface area contributed by atoms with Gasteiger partial charge in [-0.05, 0) is 17.7 Å². The molecule has 0 aliphatic heterocycles. The molecule has 0 saturated carbocycles. The standard InChI is InChI=1S/C13H10FO2/c14-11-7-4-8-12(13(11)15)16-9-10-5-2-1-3-6-10/h1-6,8,15H,9H2. The maximum Gasteiger partial charge on any atom is 0.194 e. The van der Waals surface area contributed by atoms with Gasteiger partial charge in [0, 0.05) is 6.07 Å². The molecule has 0 aliphatic rings. The summed E-state index contributed by atoms with van der Waals surface area (Å²) in [7, 11) is 0. The van der Waals surface area contributed by atoms with Crippen LogP contribution in [-0.4, -0.2) is 5.11 Å². The lowest BCUT2D eigenvalue weighted by atomic mass is 10.2. The van der Waals surface area contributed by atoms with Crippen LogP contribution in [0.2, 0.25) is 0 Å². The molecule has 16 heavy (non-hydrogen) atoms. The number of hydrogen-bond donors (Lipinski definition) is 1. The van der Waals surface area contributed by atoms with Crippen molar-refractivity contribution in [3.05, 3.63) is 59.9 Å². The molecule has 2 nitrogen and oxygen atoms in total. The largest absolute Gasteiger partial charge is 0.502 e. The molecule has 2 rings (SSSR count). The quantitative estimate of drug-likeness (QED) is 0.856. The number of halogens is 1. The molecule has 1 radical (unpaired) electrons. The number of benzene rings is 2. The first kappa shape index (κ1) is 10.5. The molecule has 2 aromatic carbocycles.